The minimum atomic E-state index is -3.79. The molecule has 0 spiro atoms. The van der Waals surface area contributed by atoms with Crippen LogP contribution >= 0.6 is 0 Å². The van der Waals surface area contributed by atoms with Gasteiger partial charge in [-0.2, -0.15) is 4.31 Å². The van der Waals surface area contributed by atoms with E-state index in [1.165, 1.54) is 10.4 Å². The van der Waals surface area contributed by atoms with E-state index in [0.717, 1.165) is 16.5 Å². The van der Waals surface area contributed by atoms with E-state index in [0.29, 0.717) is 30.1 Å². The van der Waals surface area contributed by atoms with Crippen LogP contribution in [-0.2, 0) is 26.0 Å². The zero-order chi connectivity index (χ0) is 24.0. The molecule has 0 aliphatic carbocycles. The van der Waals surface area contributed by atoms with Gasteiger partial charge in [-0.3, -0.25) is 9.59 Å². The van der Waals surface area contributed by atoms with E-state index < -0.39 is 16.1 Å². The lowest BCUT2D eigenvalue weighted by Crippen LogP contribution is -2.51. The van der Waals surface area contributed by atoms with E-state index >= 15 is 0 Å². The number of hydrogen-bond donors (Lipinski definition) is 2. The number of H-pyrrole nitrogens is 1. The maximum absolute atomic E-state index is 13.4. The molecule has 0 unspecified atom stereocenters. The summed E-state index contributed by atoms with van der Waals surface area (Å²) in [6, 6.07) is 10.9. The zero-order valence-electron chi connectivity index (χ0n) is 19.0. The molecule has 9 nitrogen and oxygen atoms in total. The molecule has 5 rings (SSSR count). The molecular weight excluding hydrogens is 456 g/mol. The van der Waals surface area contributed by atoms with E-state index in [4.69, 9.17) is 4.74 Å². The van der Waals surface area contributed by atoms with Gasteiger partial charge in [0.05, 0.1) is 17.0 Å². The molecule has 0 bridgehead atoms. The second-order valence-corrected chi connectivity index (χ2v) is 10.6. The number of aromatic amines is 1. The highest BCUT2D eigenvalue weighted by molar-refractivity contribution is 7.89. The van der Waals surface area contributed by atoms with Crippen LogP contribution in [0.3, 0.4) is 0 Å². The van der Waals surface area contributed by atoms with Gasteiger partial charge in [0.2, 0.25) is 15.9 Å². The SMILES string of the molecule is Cc1cc2c(cc1S(=O)(=O)N1CCN(C(=O)Cc3c[nH]c4ccccc34)CC1)O[C@@H](C)C(=O)N2. The van der Waals surface area contributed by atoms with Crippen molar-refractivity contribution in [2.75, 3.05) is 31.5 Å². The number of sulfonamides is 1. The third-order valence-electron chi connectivity index (χ3n) is 6.43. The second kappa shape index (κ2) is 8.44. The van der Waals surface area contributed by atoms with Crippen molar-refractivity contribution in [2.45, 2.75) is 31.3 Å². The average Bonchev–Trinajstić information content (AvgIpc) is 3.22. The first kappa shape index (κ1) is 22.4. The second-order valence-electron chi connectivity index (χ2n) is 8.68. The van der Waals surface area contributed by atoms with Gasteiger partial charge in [0.25, 0.3) is 5.91 Å². The Balaban J connectivity index is 1.28. The molecule has 2 aliphatic heterocycles. The van der Waals surface area contributed by atoms with Crippen LogP contribution in [0, 0.1) is 6.92 Å². The molecule has 2 aliphatic rings. The van der Waals surface area contributed by atoms with Crippen molar-refractivity contribution in [3.8, 4) is 5.75 Å². The number of nitrogens with one attached hydrogen (secondary N) is 2. The molecule has 1 atom stereocenters. The van der Waals surface area contributed by atoms with Gasteiger partial charge in [-0.05, 0) is 37.1 Å². The van der Waals surface area contributed by atoms with Crippen LogP contribution in [0.15, 0.2) is 47.5 Å². The van der Waals surface area contributed by atoms with Gasteiger partial charge in [0, 0.05) is 49.3 Å². The Kier molecular flexibility index (Phi) is 5.57. The number of anilines is 1. The lowest BCUT2D eigenvalue weighted by Gasteiger charge is -2.34. The molecule has 1 saturated heterocycles. The van der Waals surface area contributed by atoms with Gasteiger partial charge in [0.15, 0.2) is 6.10 Å². The number of amides is 2. The number of piperazine rings is 1. The van der Waals surface area contributed by atoms with Crippen LogP contribution < -0.4 is 10.1 Å². The normalized spacial score (nSPS) is 18.9. The Morgan fingerprint density at radius 1 is 1.15 bits per heavy atom. The Labute approximate surface area is 197 Å². The highest BCUT2D eigenvalue weighted by Gasteiger charge is 2.33. The Hall–Kier alpha value is -3.37. The molecule has 0 saturated carbocycles. The third-order valence-corrected chi connectivity index (χ3v) is 8.47. The van der Waals surface area contributed by atoms with Crippen LogP contribution in [0.5, 0.6) is 5.75 Å². The van der Waals surface area contributed by atoms with Crippen molar-refractivity contribution in [1.82, 2.24) is 14.2 Å². The predicted octanol–water partition coefficient (Wildman–Crippen LogP) is 2.27. The Morgan fingerprint density at radius 3 is 2.65 bits per heavy atom. The maximum atomic E-state index is 13.4. The summed E-state index contributed by atoms with van der Waals surface area (Å²) >= 11 is 0. The van der Waals surface area contributed by atoms with Gasteiger partial charge in [0.1, 0.15) is 5.75 Å². The lowest BCUT2D eigenvalue weighted by molar-refractivity contribution is -0.131. The quantitative estimate of drug-likeness (QED) is 0.593. The van der Waals surface area contributed by atoms with Gasteiger partial charge in [-0.15, -0.1) is 0 Å². The highest BCUT2D eigenvalue weighted by atomic mass is 32.2. The molecule has 178 valence electrons. The minimum Gasteiger partial charge on any atom is -0.479 e. The molecule has 1 fully saturated rings. The lowest BCUT2D eigenvalue weighted by atomic mass is 10.1. The number of carbonyl (C=O) groups excluding carboxylic acids is 2. The molecular formula is C24H26N4O5S. The van der Waals surface area contributed by atoms with Crippen molar-refractivity contribution in [3.63, 3.8) is 0 Å². The summed E-state index contributed by atoms with van der Waals surface area (Å²) < 4.78 is 33.8. The number of benzene rings is 2. The molecule has 2 N–H and O–H groups in total. The minimum absolute atomic E-state index is 0.0232. The number of rotatable bonds is 4. The van der Waals surface area contributed by atoms with Crippen LogP contribution in [-0.4, -0.2) is 66.7 Å². The van der Waals surface area contributed by atoms with E-state index in [2.05, 4.69) is 10.3 Å². The van der Waals surface area contributed by atoms with Crippen molar-refractivity contribution in [2.24, 2.45) is 0 Å². The number of para-hydroxylation sites is 1. The Bertz CT molecular complexity index is 1390. The van der Waals surface area contributed by atoms with Gasteiger partial charge < -0.3 is 19.9 Å². The van der Waals surface area contributed by atoms with Gasteiger partial charge in [-0.1, -0.05) is 18.2 Å². The maximum Gasteiger partial charge on any atom is 0.265 e. The van der Waals surface area contributed by atoms with Crippen molar-refractivity contribution >= 4 is 38.4 Å². The van der Waals surface area contributed by atoms with E-state index in [-0.39, 0.29) is 36.2 Å². The summed E-state index contributed by atoms with van der Waals surface area (Å²) in [6.45, 7) is 4.39. The first-order chi connectivity index (χ1) is 16.2. The van der Waals surface area contributed by atoms with Crippen LogP contribution in [0.1, 0.15) is 18.1 Å². The largest absolute Gasteiger partial charge is 0.479 e. The first-order valence-corrected chi connectivity index (χ1v) is 12.6. The van der Waals surface area contributed by atoms with Crippen LogP contribution in [0.25, 0.3) is 10.9 Å². The molecule has 0 radical (unpaired) electrons. The molecule has 3 aromatic rings. The van der Waals surface area contributed by atoms with Crippen LogP contribution in [0.4, 0.5) is 5.69 Å². The first-order valence-electron chi connectivity index (χ1n) is 11.2. The summed E-state index contributed by atoms with van der Waals surface area (Å²) in [5, 5.41) is 3.76. The summed E-state index contributed by atoms with van der Waals surface area (Å²) in [5.41, 5.74) is 2.91. The zero-order valence-corrected chi connectivity index (χ0v) is 19.8. The van der Waals surface area contributed by atoms with Gasteiger partial charge >= 0.3 is 0 Å². The third kappa shape index (κ3) is 3.92. The standard InChI is InChI=1S/C24H26N4O5S/c1-15-11-20-21(33-16(2)24(30)26-20)13-22(15)34(31,32)28-9-7-27(8-10-28)23(29)12-17-14-25-19-6-4-3-5-18(17)19/h3-6,11,13-14,16,25H,7-10,12H2,1-2H3,(H,26,30)/t16-/m0/s1. The van der Waals surface area contributed by atoms with Gasteiger partial charge in [-0.25, -0.2) is 8.42 Å². The topological polar surface area (TPSA) is 112 Å². The molecule has 2 amide bonds. The van der Waals surface area contributed by atoms with E-state index in [1.807, 2.05) is 30.5 Å². The number of hydrogen-bond acceptors (Lipinski definition) is 5. The molecule has 3 heterocycles. The predicted molar refractivity (Wildman–Crippen MR) is 127 cm³/mol. The Morgan fingerprint density at radius 2 is 1.88 bits per heavy atom. The summed E-state index contributed by atoms with van der Waals surface area (Å²) in [4.78, 5) is 29.8. The fourth-order valence-electron chi connectivity index (χ4n) is 4.49. The molecule has 1 aromatic heterocycles. The number of nitrogens with zero attached hydrogens (tertiary/aromatic N) is 2. The fraction of sp³-hybridized carbons (Fsp3) is 0.333. The number of ether oxygens (including phenoxy) is 1. The summed E-state index contributed by atoms with van der Waals surface area (Å²) in [6.07, 6.45) is 1.42. The average molecular weight is 483 g/mol. The molecule has 34 heavy (non-hydrogen) atoms. The van der Waals surface area contributed by atoms with Crippen molar-refractivity contribution in [1.29, 1.82) is 0 Å². The number of carbonyl (C=O) groups is 2. The number of fused-ring (bicyclic) bond motifs is 2. The molecule has 2 aromatic carbocycles. The monoisotopic (exact) mass is 482 g/mol. The number of aromatic nitrogens is 1. The number of aryl methyl sites for hydroxylation is 1. The molecule has 10 heteroatoms. The summed E-state index contributed by atoms with van der Waals surface area (Å²) in [5.74, 6) is 0.0460. The fourth-order valence-corrected chi connectivity index (χ4v) is 6.13. The smallest absolute Gasteiger partial charge is 0.265 e. The van der Waals surface area contributed by atoms with Crippen molar-refractivity contribution in [3.05, 3.63) is 53.7 Å². The van der Waals surface area contributed by atoms with E-state index in [9.17, 15) is 18.0 Å². The highest BCUT2D eigenvalue weighted by Crippen LogP contribution is 2.35. The van der Waals surface area contributed by atoms with Crippen LogP contribution in [0.2, 0.25) is 0 Å². The van der Waals surface area contributed by atoms with Crippen molar-refractivity contribution < 1.29 is 22.7 Å². The summed E-state index contributed by atoms with van der Waals surface area (Å²) in [7, 11) is -3.79. The van der Waals surface area contributed by atoms with E-state index in [1.54, 1.807) is 24.8 Å².